The number of benzene rings is 1. The standard InChI is InChI=1S/C12H20N2O/c1-9-4-5-11(7-13)12(6-9)14-8-10(2)15-3/h4-6,10,14H,7-8,13H2,1-3H3. The van der Waals surface area contributed by atoms with Crippen molar-refractivity contribution in [2.75, 3.05) is 19.0 Å². The normalized spacial score (nSPS) is 12.5. The van der Waals surface area contributed by atoms with E-state index in [-0.39, 0.29) is 6.10 Å². The Labute approximate surface area is 91.6 Å². The molecule has 0 spiro atoms. The van der Waals surface area contributed by atoms with Gasteiger partial charge in [0.2, 0.25) is 0 Å². The fraction of sp³-hybridized carbons (Fsp3) is 0.500. The number of nitrogens with one attached hydrogen (secondary N) is 1. The molecule has 1 unspecified atom stereocenters. The number of ether oxygens (including phenoxy) is 1. The Kier molecular flexibility index (Phi) is 4.59. The fourth-order valence-electron chi connectivity index (χ4n) is 1.37. The van der Waals surface area contributed by atoms with Crippen molar-refractivity contribution in [3.8, 4) is 0 Å². The molecule has 84 valence electrons. The second kappa shape index (κ2) is 5.73. The van der Waals surface area contributed by atoms with Crippen LogP contribution in [0.25, 0.3) is 0 Å². The monoisotopic (exact) mass is 208 g/mol. The second-order valence-electron chi connectivity index (χ2n) is 3.79. The summed E-state index contributed by atoms with van der Waals surface area (Å²) in [4.78, 5) is 0. The fourth-order valence-corrected chi connectivity index (χ4v) is 1.37. The molecule has 0 fully saturated rings. The van der Waals surface area contributed by atoms with E-state index in [1.165, 1.54) is 5.56 Å². The van der Waals surface area contributed by atoms with E-state index < -0.39 is 0 Å². The van der Waals surface area contributed by atoms with Crippen molar-refractivity contribution in [2.45, 2.75) is 26.5 Å². The molecule has 15 heavy (non-hydrogen) atoms. The van der Waals surface area contributed by atoms with Gasteiger partial charge in [-0.15, -0.1) is 0 Å². The molecule has 1 aromatic rings. The molecular weight excluding hydrogens is 188 g/mol. The minimum absolute atomic E-state index is 0.205. The third-order valence-electron chi connectivity index (χ3n) is 2.47. The van der Waals surface area contributed by atoms with Crippen molar-refractivity contribution in [1.29, 1.82) is 0 Å². The second-order valence-corrected chi connectivity index (χ2v) is 3.79. The van der Waals surface area contributed by atoms with Crippen LogP contribution >= 0.6 is 0 Å². The summed E-state index contributed by atoms with van der Waals surface area (Å²) in [5, 5.41) is 3.35. The summed E-state index contributed by atoms with van der Waals surface area (Å²) in [6.07, 6.45) is 0.205. The lowest BCUT2D eigenvalue weighted by atomic mass is 10.1. The van der Waals surface area contributed by atoms with Crippen LogP contribution in [0.2, 0.25) is 0 Å². The maximum Gasteiger partial charge on any atom is 0.0715 e. The molecule has 0 aliphatic carbocycles. The Balaban J connectivity index is 2.69. The zero-order valence-corrected chi connectivity index (χ0v) is 9.71. The van der Waals surface area contributed by atoms with Crippen LogP contribution in [-0.4, -0.2) is 19.8 Å². The van der Waals surface area contributed by atoms with Crippen LogP contribution in [0.15, 0.2) is 18.2 Å². The van der Waals surface area contributed by atoms with Crippen molar-refractivity contribution < 1.29 is 4.74 Å². The zero-order valence-electron chi connectivity index (χ0n) is 9.71. The van der Waals surface area contributed by atoms with Crippen LogP contribution in [0, 0.1) is 6.92 Å². The number of rotatable bonds is 5. The number of hydrogen-bond donors (Lipinski definition) is 2. The maximum atomic E-state index is 5.67. The van der Waals surface area contributed by atoms with Gasteiger partial charge < -0.3 is 15.8 Å². The summed E-state index contributed by atoms with van der Waals surface area (Å²) in [5.41, 5.74) is 9.16. The molecule has 0 saturated carbocycles. The molecule has 0 aliphatic heterocycles. The average molecular weight is 208 g/mol. The van der Waals surface area contributed by atoms with Crippen molar-refractivity contribution in [2.24, 2.45) is 5.73 Å². The third kappa shape index (κ3) is 3.53. The quantitative estimate of drug-likeness (QED) is 0.777. The highest BCUT2D eigenvalue weighted by atomic mass is 16.5. The van der Waals surface area contributed by atoms with Crippen LogP contribution in [0.5, 0.6) is 0 Å². The highest BCUT2D eigenvalue weighted by Crippen LogP contribution is 2.17. The minimum atomic E-state index is 0.205. The average Bonchev–Trinajstić information content (AvgIpc) is 2.26. The van der Waals surface area contributed by atoms with Gasteiger partial charge in [0, 0.05) is 25.9 Å². The highest BCUT2D eigenvalue weighted by Gasteiger charge is 2.03. The first-order chi connectivity index (χ1) is 7.17. The van der Waals surface area contributed by atoms with Gasteiger partial charge in [-0.2, -0.15) is 0 Å². The molecular formula is C12H20N2O. The molecule has 1 rings (SSSR count). The van der Waals surface area contributed by atoms with Crippen molar-refractivity contribution in [3.05, 3.63) is 29.3 Å². The predicted molar refractivity (Wildman–Crippen MR) is 64.0 cm³/mol. The molecule has 3 nitrogen and oxygen atoms in total. The van der Waals surface area contributed by atoms with Gasteiger partial charge in [-0.25, -0.2) is 0 Å². The number of anilines is 1. The van der Waals surface area contributed by atoms with E-state index >= 15 is 0 Å². The summed E-state index contributed by atoms with van der Waals surface area (Å²) in [5.74, 6) is 0. The Morgan fingerprint density at radius 1 is 1.47 bits per heavy atom. The largest absolute Gasteiger partial charge is 0.382 e. The SMILES string of the molecule is COC(C)CNc1cc(C)ccc1CN. The van der Waals surface area contributed by atoms with Gasteiger partial charge in [-0.05, 0) is 31.0 Å². The van der Waals surface area contributed by atoms with E-state index in [0.29, 0.717) is 6.54 Å². The van der Waals surface area contributed by atoms with Gasteiger partial charge >= 0.3 is 0 Å². The first kappa shape index (κ1) is 12.0. The van der Waals surface area contributed by atoms with Gasteiger partial charge in [0.25, 0.3) is 0 Å². The summed E-state index contributed by atoms with van der Waals surface area (Å²) in [6.45, 7) is 5.47. The van der Waals surface area contributed by atoms with E-state index in [1.807, 2.05) is 6.92 Å². The number of nitrogens with two attached hydrogens (primary N) is 1. The molecule has 0 heterocycles. The zero-order chi connectivity index (χ0) is 11.3. The van der Waals surface area contributed by atoms with Gasteiger partial charge in [-0.1, -0.05) is 12.1 Å². The number of hydrogen-bond acceptors (Lipinski definition) is 3. The smallest absolute Gasteiger partial charge is 0.0715 e. The predicted octanol–water partition coefficient (Wildman–Crippen LogP) is 1.90. The summed E-state index contributed by atoms with van der Waals surface area (Å²) in [7, 11) is 1.71. The molecule has 3 N–H and O–H groups in total. The lowest BCUT2D eigenvalue weighted by Gasteiger charge is -2.15. The van der Waals surface area contributed by atoms with Crippen LogP contribution in [0.3, 0.4) is 0 Å². The van der Waals surface area contributed by atoms with Crippen LogP contribution in [0.4, 0.5) is 5.69 Å². The van der Waals surface area contributed by atoms with Gasteiger partial charge in [0.05, 0.1) is 6.10 Å². The van der Waals surface area contributed by atoms with Gasteiger partial charge in [0.1, 0.15) is 0 Å². The molecule has 0 aliphatic rings. The topological polar surface area (TPSA) is 47.3 Å². The first-order valence-corrected chi connectivity index (χ1v) is 5.23. The Hall–Kier alpha value is -1.06. The molecule has 1 aromatic carbocycles. The van der Waals surface area contributed by atoms with Gasteiger partial charge in [0.15, 0.2) is 0 Å². The molecule has 1 atom stereocenters. The number of methoxy groups -OCH3 is 1. The van der Waals surface area contributed by atoms with Crippen molar-refractivity contribution in [1.82, 2.24) is 0 Å². The highest BCUT2D eigenvalue weighted by molar-refractivity contribution is 5.53. The summed E-state index contributed by atoms with van der Waals surface area (Å²) >= 11 is 0. The molecule has 0 bridgehead atoms. The Morgan fingerprint density at radius 2 is 2.20 bits per heavy atom. The van der Waals surface area contributed by atoms with E-state index in [1.54, 1.807) is 7.11 Å². The molecule has 0 aromatic heterocycles. The molecule has 0 radical (unpaired) electrons. The summed E-state index contributed by atoms with van der Waals surface area (Å²) < 4.78 is 5.18. The summed E-state index contributed by atoms with van der Waals surface area (Å²) in [6, 6.07) is 6.26. The number of aryl methyl sites for hydroxylation is 1. The molecule has 0 amide bonds. The lowest BCUT2D eigenvalue weighted by molar-refractivity contribution is 0.129. The van der Waals surface area contributed by atoms with E-state index in [2.05, 4.69) is 30.4 Å². The van der Waals surface area contributed by atoms with Crippen LogP contribution in [0.1, 0.15) is 18.1 Å². The Morgan fingerprint density at radius 3 is 2.80 bits per heavy atom. The first-order valence-electron chi connectivity index (χ1n) is 5.23. The van der Waals surface area contributed by atoms with E-state index in [0.717, 1.165) is 17.8 Å². The molecule has 0 saturated heterocycles. The van der Waals surface area contributed by atoms with Crippen molar-refractivity contribution in [3.63, 3.8) is 0 Å². The lowest BCUT2D eigenvalue weighted by Crippen LogP contribution is -2.19. The minimum Gasteiger partial charge on any atom is -0.382 e. The Bertz CT molecular complexity index is 312. The van der Waals surface area contributed by atoms with Crippen molar-refractivity contribution >= 4 is 5.69 Å². The van der Waals surface area contributed by atoms with Crippen LogP contribution in [-0.2, 0) is 11.3 Å². The van der Waals surface area contributed by atoms with E-state index in [9.17, 15) is 0 Å². The van der Waals surface area contributed by atoms with Crippen LogP contribution < -0.4 is 11.1 Å². The molecule has 3 heteroatoms. The van der Waals surface area contributed by atoms with Gasteiger partial charge in [-0.3, -0.25) is 0 Å². The van der Waals surface area contributed by atoms with E-state index in [4.69, 9.17) is 10.5 Å². The third-order valence-corrected chi connectivity index (χ3v) is 2.47. The maximum absolute atomic E-state index is 5.67.